The molecule has 3 rings (SSSR count). The van der Waals surface area contributed by atoms with Crippen LogP contribution in [0.5, 0.6) is 11.5 Å². The van der Waals surface area contributed by atoms with Crippen molar-refractivity contribution in [3.63, 3.8) is 0 Å². The molecular formula is C13H11BO3. The van der Waals surface area contributed by atoms with Gasteiger partial charge in [0.2, 0.25) is 0 Å². The molecule has 0 fully saturated rings. The van der Waals surface area contributed by atoms with Crippen molar-refractivity contribution < 1.29 is 14.4 Å². The Labute approximate surface area is 99.8 Å². The molecule has 0 atom stereocenters. The minimum absolute atomic E-state index is 0.433. The first-order chi connectivity index (χ1) is 8.33. The van der Waals surface area contributed by atoms with Gasteiger partial charge in [-0.1, -0.05) is 24.3 Å². The van der Waals surface area contributed by atoms with E-state index in [1.165, 1.54) is 0 Å². The Morgan fingerprint density at radius 1 is 1.06 bits per heavy atom. The van der Waals surface area contributed by atoms with Crippen LogP contribution in [0, 0.1) is 0 Å². The summed E-state index contributed by atoms with van der Waals surface area (Å²) in [5.41, 5.74) is 1.80. The van der Waals surface area contributed by atoms with E-state index in [9.17, 15) is 5.02 Å². The van der Waals surface area contributed by atoms with Gasteiger partial charge in [0, 0.05) is 0 Å². The van der Waals surface area contributed by atoms with Crippen LogP contribution in [0.3, 0.4) is 0 Å². The number of fused-ring (bicyclic) bond motifs is 1. The third-order valence-corrected chi connectivity index (χ3v) is 2.76. The van der Waals surface area contributed by atoms with E-state index in [1.54, 1.807) is 0 Å². The maximum absolute atomic E-state index is 9.50. The molecule has 84 valence electrons. The molecule has 0 aromatic heterocycles. The van der Waals surface area contributed by atoms with E-state index < -0.39 is 7.12 Å². The van der Waals surface area contributed by atoms with Crippen LogP contribution in [0.25, 0.3) is 0 Å². The largest absolute Gasteiger partial charge is 0.491 e. The summed E-state index contributed by atoms with van der Waals surface area (Å²) >= 11 is 0. The average molecular weight is 226 g/mol. The van der Waals surface area contributed by atoms with Gasteiger partial charge >= 0.3 is 7.12 Å². The maximum Gasteiger partial charge on any atom is 0.491 e. The molecule has 2 aromatic carbocycles. The van der Waals surface area contributed by atoms with Crippen LogP contribution in [0.1, 0.15) is 5.56 Å². The van der Waals surface area contributed by atoms with Gasteiger partial charge in [0.05, 0.1) is 6.61 Å². The summed E-state index contributed by atoms with van der Waals surface area (Å²) in [7, 11) is -0.796. The topological polar surface area (TPSA) is 38.7 Å². The highest BCUT2D eigenvalue weighted by Crippen LogP contribution is 2.23. The summed E-state index contributed by atoms with van der Waals surface area (Å²) in [5, 5.41) is 9.50. The predicted molar refractivity (Wildman–Crippen MR) is 65.4 cm³/mol. The average Bonchev–Trinajstić information content (AvgIpc) is 2.72. The van der Waals surface area contributed by atoms with E-state index in [1.807, 2.05) is 48.5 Å². The summed E-state index contributed by atoms with van der Waals surface area (Å²) in [6, 6.07) is 15.2. The smallest absolute Gasteiger partial charge is 0.457 e. The predicted octanol–water partition coefficient (Wildman–Crippen LogP) is 1.70. The fraction of sp³-hybridized carbons (Fsp3) is 0.0769. The molecule has 0 aliphatic carbocycles. The number of ether oxygens (including phenoxy) is 1. The molecule has 1 aliphatic heterocycles. The number of hydrogen-bond acceptors (Lipinski definition) is 3. The first kappa shape index (κ1) is 10.4. The highest BCUT2D eigenvalue weighted by molar-refractivity contribution is 6.61. The van der Waals surface area contributed by atoms with Gasteiger partial charge in [0.25, 0.3) is 0 Å². The number of benzene rings is 2. The lowest BCUT2D eigenvalue weighted by atomic mass is 9.80. The van der Waals surface area contributed by atoms with Crippen molar-refractivity contribution in [3.8, 4) is 11.5 Å². The maximum atomic E-state index is 9.50. The van der Waals surface area contributed by atoms with Crippen molar-refractivity contribution in [2.24, 2.45) is 0 Å². The van der Waals surface area contributed by atoms with Crippen LogP contribution >= 0.6 is 0 Å². The third-order valence-electron chi connectivity index (χ3n) is 2.76. The second kappa shape index (κ2) is 4.24. The molecule has 0 amide bonds. The minimum atomic E-state index is -0.796. The number of para-hydroxylation sites is 1. The van der Waals surface area contributed by atoms with E-state index in [4.69, 9.17) is 9.39 Å². The SMILES string of the molecule is OB1OCc2cc(Oc3ccccc3)ccc21. The lowest BCUT2D eigenvalue weighted by Crippen LogP contribution is -2.27. The lowest BCUT2D eigenvalue weighted by Gasteiger charge is -2.06. The minimum Gasteiger partial charge on any atom is -0.457 e. The fourth-order valence-corrected chi connectivity index (χ4v) is 1.89. The second-order valence-electron chi connectivity index (χ2n) is 3.94. The van der Waals surface area contributed by atoms with Crippen LogP contribution in [0.15, 0.2) is 48.5 Å². The summed E-state index contributed by atoms with van der Waals surface area (Å²) in [6.07, 6.45) is 0. The standard InChI is InChI=1S/C13H11BO3/c15-14-13-7-6-12(8-10(13)9-16-14)17-11-4-2-1-3-5-11/h1-8,15H,9H2. The highest BCUT2D eigenvalue weighted by atomic mass is 16.5. The van der Waals surface area contributed by atoms with E-state index >= 15 is 0 Å². The molecule has 4 heteroatoms. The van der Waals surface area contributed by atoms with Crippen LogP contribution in [-0.4, -0.2) is 12.1 Å². The van der Waals surface area contributed by atoms with E-state index in [0.29, 0.717) is 6.61 Å². The molecule has 3 nitrogen and oxygen atoms in total. The Kier molecular flexibility index (Phi) is 2.59. The van der Waals surface area contributed by atoms with Gasteiger partial charge in [0.15, 0.2) is 0 Å². The van der Waals surface area contributed by atoms with Gasteiger partial charge in [-0.05, 0) is 35.3 Å². The molecule has 0 spiro atoms. The number of rotatable bonds is 2. The third kappa shape index (κ3) is 2.05. The van der Waals surface area contributed by atoms with Gasteiger partial charge in [0.1, 0.15) is 11.5 Å². The van der Waals surface area contributed by atoms with Crippen LogP contribution in [0.4, 0.5) is 0 Å². The summed E-state index contributed by atoms with van der Waals surface area (Å²) < 4.78 is 10.8. The molecule has 0 saturated heterocycles. The Morgan fingerprint density at radius 2 is 1.88 bits per heavy atom. The second-order valence-corrected chi connectivity index (χ2v) is 3.94. The van der Waals surface area contributed by atoms with Crippen LogP contribution < -0.4 is 10.2 Å². The van der Waals surface area contributed by atoms with Crippen LogP contribution in [-0.2, 0) is 11.3 Å². The van der Waals surface area contributed by atoms with Crippen molar-refractivity contribution in [2.75, 3.05) is 0 Å². The van der Waals surface area contributed by atoms with Crippen molar-refractivity contribution in [1.29, 1.82) is 0 Å². The zero-order valence-corrected chi connectivity index (χ0v) is 9.17. The molecule has 1 N–H and O–H groups in total. The van der Waals surface area contributed by atoms with Crippen molar-refractivity contribution >= 4 is 12.6 Å². The summed E-state index contributed by atoms with van der Waals surface area (Å²) in [6.45, 7) is 0.433. The molecule has 1 aliphatic rings. The van der Waals surface area contributed by atoms with E-state index in [2.05, 4.69) is 0 Å². The number of hydrogen-bond donors (Lipinski definition) is 1. The van der Waals surface area contributed by atoms with E-state index in [0.717, 1.165) is 22.5 Å². The molecule has 0 bridgehead atoms. The molecule has 0 radical (unpaired) electrons. The zero-order chi connectivity index (χ0) is 11.7. The van der Waals surface area contributed by atoms with Crippen LogP contribution in [0.2, 0.25) is 0 Å². The fourth-order valence-electron chi connectivity index (χ4n) is 1.89. The van der Waals surface area contributed by atoms with Gasteiger partial charge in [-0.2, -0.15) is 0 Å². The van der Waals surface area contributed by atoms with Gasteiger partial charge < -0.3 is 14.4 Å². The highest BCUT2D eigenvalue weighted by Gasteiger charge is 2.27. The summed E-state index contributed by atoms with van der Waals surface area (Å²) in [4.78, 5) is 0. The Hall–Kier alpha value is -1.78. The summed E-state index contributed by atoms with van der Waals surface area (Å²) in [5.74, 6) is 1.56. The van der Waals surface area contributed by atoms with Gasteiger partial charge in [-0.3, -0.25) is 0 Å². The van der Waals surface area contributed by atoms with Gasteiger partial charge in [-0.25, -0.2) is 0 Å². The first-order valence-corrected chi connectivity index (χ1v) is 5.48. The Morgan fingerprint density at radius 3 is 2.71 bits per heavy atom. The van der Waals surface area contributed by atoms with E-state index in [-0.39, 0.29) is 0 Å². The Bertz CT molecular complexity index is 527. The molecule has 2 aromatic rings. The zero-order valence-electron chi connectivity index (χ0n) is 9.17. The first-order valence-electron chi connectivity index (χ1n) is 5.48. The van der Waals surface area contributed by atoms with Crippen molar-refractivity contribution in [1.82, 2.24) is 0 Å². The van der Waals surface area contributed by atoms with Gasteiger partial charge in [-0.15, -0.1) is 0 Å². The molecule has 0 saturated carbocycles. The molecular weight excluding hydrogens is 215 g/mol. The quantitative estimate of drug-likeness (QED) is 0.792. The Balaban J connectivity index is 1.86. The normalized spacial score (nSPS) is 13.6. The molecule has 1 heterocycles. The monoisotopic (exact) mass is 226 g/mol. The van der Waals surface area contributed by atoms with Crippen molar-refractivity contribution in [3.05, 3.63) is 54.1 Å². The van der Waals surface area contributed by atoms with Crippen molar-refractivity contribution in [2.45, 2.75) is 6.61 Å². The molecule has 17 heavy (non-hydrogen) atoms. The molecule has 0 unspecified atom stereocenters. The lowest BCUT2D eigenvalue weighted by molar-refractivity contribution is 0.275.